The van der Waals surface area contributed by atoms with Crippen molar-refractivity contribution in [2.75, 3.05) is 26.2 Å². The highest BCUT2D eigenvalue weighted by Crippen LogP contribution is 2.47. The van der Waals surface area contributed by atoms with Gasteiger partial charge in [-0.15, -0.1) is 0 Å². The zero-order valence-electron chi connectivity index (χ0n) is 11.8. The molecule has 106 valence electrons. The maximum Gasteiger partial charge on any atom is 0.229 e. The molecule has 4 heteroatoms. The molecule has 3 fully saturated rings. The lowest BCUT2D eigenvalue weighted by molar-refractivity contribution is -0.138. The third kappa shape index (κ3) is 1.64. The molecule has 3 saturated heterocycles. The summed E-state index contributed by atoms with van der Waals surface area (Å²) in [4.78, 5) is 16.8. The Morgan fingerprint density at radius 2 is 2.10 bits per heavy atom. The first-order valence-electron chi connectivity index (χ1n) is 7.40. The number of amides is 1. The molecule has 4 nitrogen and oxygen atoms in total. The zero-order chi connectivity index (χ0) is 13.7. The van der Waals surface area contributed by atoms with Gasteiger partial charge in [-0.1, -0.05) is 30.3 Å². The molecule has 0 aromatic heterocycles. The summed E-state index contributed by atoms with van der Waals surface area (Å²) in [6.45, 7) is 6.29. The van der Waals surface area contributed by atoms with Crippen LogP contribution in [0.1, 0.15) is 12.5 Å². The quantitative estimate of drug-likeness (QED) is 0.814. The topological polar surface area (TPSA) is 32.8 Å². The van der Waals surface area contributed by atoms with Gasteiger partial charge in [0.15, 0.2) is 0 Å². The van der Waals surface area contributed by atoms with Gasteiger partial charge in [-0.25, -0.2) is 0 Å². The van der Waals surface area contributed by atoms with E-state index in [-0.39, 0.29) is 11.6 Å². The number of nitrogens with zero attached hydrogens (tertiary/aromatic N) is 2. The number of ether oxygens (including phenoxy) is 1. The minimum atomic E-state index is -0.354. The minimum Gasteiger partial charge on any atom is -0.354 e. The second-order valence-corrected chi connectivity index (χ2v) is 6.29. The third-order valence-electron chi connectivity index (χ3n) is 5.16. The van der Waals surface area contributed by atoms with Crippen LogP contribution >= 0.6 is 0 Å². The molecule has 0 spiro atoms. The average Bonchev–Trinajstić information content (AvgIpc) is 3.08. The van der Waals surface area contributed by atoms with E-state index >= 15 is 0 Å². The van der Waals surface area contributed by atoms with Crippen molar-refractivity contribution in [2.45, 2.75) is 19.2 Å². The standard InChI is InChI=1S/C16H20N2O2/c1-16-14-11-17(9-12-5-3-2-4-6-12)10-13(14)15(19)18(16)7-8-20-16/h2-6,13-14H,7-11H2,1H3/t13-,14+,16+/m0/s1. The highest BCUT2D eigenvalue weighted by molar-refractivity contribution is 5.83. The summed E-state index contributed by atoms with van der Waals surface area (Å²) in [6, 6.07) is 10.5. The van der Waals surface area contributed by atoms with Gasteiger partial charge in [0.05, 0.1) is 12.5 Å². The Morgan fingerprint density at radius 3 is 2.90 bits per heavy atom. The Bertz CT molecular complexity index is 533. The Kier molecular flexibility index (Phi) is 2.66. The Labute approximate surface area is 119 Å². The van der Waals surface area contributed by atoms with Crippen molar-refractivity contribution in [3.8, 4) is 0 Å². The van der Waals surface area contributed by atoms with E-state index in [1.54, 1.807) is 0 Å². The predicted molar refractivity (Wildman–Crippen MR) is 74.8 cm³/mol. The highest BCUT2D eigenvalue weighted by atomic mass is 16.5. The van der Waals surface area contributed by atoms with Crippen molar-refractivity contribution < 1.29 is 9.53 Å². The maximum atomic E-state index is 12.5. The van der Waals surface area contributed by atoms with E-state index in [4.69, 9.17) is 4.74 Å². The van der Waals surface area contributed by atoms with Gasteiger partial charge in [0.2, 0.25) is 5.91 Å². The summed E-state index contributed by atoms with van der Waals surface area (Å²) < 4.78 is 5.93. The predicted octanol–water partition coefficient (Wildman–Crippen LogP) is 1.32. The molecule has 0 unspecified atom stereocenters. The zero-order valence-corrected chi connectivity index (χ0v) is 11.8. The van der Waals surface area contributed by atoms with Gasteiger partial charge in [0, 0.05) is 32.1 Å². The van der Waals surface area contributed by atoms with Crippen molar-refractivity contribution in [3.05, 3.63) is 35.9 Å². The van der Waals surface area contributed by atoms with Crippen LogP contribution in [0.5, 0.6) is 0 Å². The SMILES string of the molecule is C[C@]12OCCN1C(=O)[C@H]1CN(Cc3ccccc3)C[C@H]12. The van der Waals surface area contributed by atoms with Crippen LogP contribution in [0.3, 0.4) is 0 Å². The molecule has 4 rings (SSSR count). The molecule has 0 N–H and O–H groups in total. The van der Waals surface area contributed by atoms with E-state index in [1.807, 2.05) is 11.0 Å². The summed E-state index contributed by atoms with van der Waals surface area (Å²) in [5, 5.41) is 0. The first-order chi connectivity index (χ1) is 9.68. The summed E-state index contributed by atoms with van der Waals surface area (Å²) in [5.41, 5.74) is 0.960. The number of carbonyl (C=O) groups is 1. The van der Waals surface area contributed by atoms with E-state index in [0.29, 0.717) is 18.4 Å². The van der Waals surface area contributed by atoms with Gasteiger partial charge in [-0.3, -0.25) is 9.69 Å². The fourth-order valence-electron chi connectivity index (χ4n) is 4.13. The molecule has 3 atom stereocenters. The first kappa shape index (κ1) is 12.4. The Balaban J connectivity index is 1.53. The lowest BCUT2D eigenvalue weighted by Gasteiger charge is -2.32. The summed E-state index contributed by atoms with van der Waals surface area (Å²) in [5.74, 6) is 0.746. The smallest absolute Gasteiger partial charge is 0.229 e. The molecule has 20 heavy (non-hydrogen) atoms. The van der Waals surface area contributed by atoms with Gasteiger partial charge in [-0.2, -0.15) is 0 Å². The molecule has 3 heterocycles. The van der Waals surface area contributed by atoms with Gasteiger partial charge in [0.1, 0.15) is 5.72 Å². The van der Waals surface area contributed by atoms with Crippen molar-refractivity contribution in [1.29, 1.82) is 0 Å². The Hall–Kier alpha value is -1.39. The fraction of sp³-hybridized carbons (Fsp3) is 0.562. The van der Waals surface area contributed by atoms with E-state index in [1.165, 1.54) is 5.56 Å². The fourth-order valence-corrected chi connectivity index (χ4v) is 4.13. The van der Waals surface area contributed by atoms with E-state index in [2.05, 4.69) is 36.1 Å². The molecule has 0 aliphatic carbocycles. The summed E-state index contributed by atoms with van der Waals surface area (Å²) in [7, 11) is 0. The molecule has 3 aliphatic heterocycles. The normalized spacial score (nSPS) is 36.5. The lowest BCUT2D eigenvalue weighted by atomic mass is 9.92. The van der Waals surface area contributed by atoms with E-state index in [0.717, 1.165) is 26.2 Å². The largest absolute Gasteiger partial charge is 0.354 e. The molecule has 3 aliphatic rings. The van der Waals surface area contributed by atoms with Crippen LogP contribution in [0, 0.1) is 11.8 Å². The van der Waals surface area contributed by atoms with Gasteiger partial charge in [0.25, 0.3) is 0 Å². The Morgan fingerprint density at radius 1 is 1.30 bits per heavy atom. The molecule has 1 aromatic rings. The van der Waals surface area contributed by atoms with Crippen LogP contribution < -0.4 is 0 Å². The summed E-state index contributed by atoms with van der Waals surface area (Å²) >= 11 is 0. The molecule has 1 aromatic carbocycles. The number of benzene rings is 1. The van der Waals surface area contributed by atoms with E-state index in [9.17, 15) is 4.79 Å². The van der Waals surface area contributed by atoms with Crippen molar-refractivity contribution in [3.63, 3.8) is 0 Å². The van der Waals surface area contributed by atoms with Crippen LogP contribution in [0.25, 0.3) is 0 Å². The van der Waals surface area contributed by atoms with Gasteiger partial charge < -0.3 is 9.64 Å². The van der Waals surface area contributed by atoms with Crippen molar-refractivity contribution in [1.82, 2.24) is 9.80 Å². The molecular weight excluding hydrogens is 252 g/mol. The maximum absolute atomic E-state index is 12.5. The minimum absolute atomic E-state index is 0.129. The van der Waals surface area contributed by atoms with Crippen LogP contribution in [-0.2, 0) is 16.1 Å². The number of fused-ring (bicyclic) bond motifs is 3. The number of hydrogen-bond acceptors (Lipinski definition) is 3. The van der Waals surface area contributed by atoms with Crippen LogP contribution in [-0.4, -0.2) is 47.7 Å². The molecule has 0 saturated carbocycles. The number of carbonyl (C=O) groups excluding carboxylic acids is 1. The second-order valence-electron chi connectivity index (χ2n) is 6.29. The number of hydrogen-bond donors (Lipinski definition) is 0. The van der Waals surface area contributed by atoms with Gasteiger partial charge >= 0.3 is 0 Å². The van der Waals surface area contributed by atoms with Crippen LogP contribution in [0.15, 0.2) is 30.3 Å². The number of rotatable bonds is 2. The number of likely N-dealkylation sites (tertiary alicyclic amines) is 1. The lowest BCUT2D eigenvalue weighted by Crippen LogP contribution is -2.45. The summed E-state index contributed by atoms with van der Waals surface area (Å²) in [6.07, 6.45) is 0. The first-order valence-corrected chi connectivity index (χ1v) is 7.40. The third-order valence-corrected chi connectivity index (χ3v) is 5.16. The molecule has 0 radical (unpaired) electrons. The second kappa shape index (κ2) is 4.30. The van der Waals surface area contributed by atoms with Crippen LogP contribution in [0.2, 0.25) is 0 Å². The molecule has 1 amide bonds. The van der Waals surface area contributed by atoms with Crippen LogP contribution in [0.4, 0.5) is 0 Å². The van der Waals surface area contributed by atoms with Gasteiger partial charge in [-0.05, 0) is 12.5 Å². The van der Waals surface area contributed by atoms with Crippen molar-refractivity contribution >= 4 is 5.91 Å². The van der Waals surface area contributed by atoms with Crippen molar-refractivity contribution in [2.24, 2.45) is 11.8 Å². The molecular formula is C16H20N2O2. The van der Waals surface area contributed by atoms with E-state index < -0.39 is 0 Å². The average molecular weight is 272 g/mol. The monoisotopic (exact) mass is 272 g/mol. The molecule has 0 bridgehead atoms. The highest BCUT2D eigenvalue weighted by Gasteiger charge is 2.61.